The van der Waals surface area contributed by atoms with E-state index in [1.807, 2.05) is 0 Å². The summed E-state index contributed by atoms with van der Waals surface area (Å²) in [6, 6.07) is 0. The van der Waals surface area contributed by atoms with Crippen LogP contribution in [0, 0.1) is 0 Å². The largest absolute Gasteiger partial charge is 0.472 e. The molecule has 0 saturated carbocycles. The molecule has 5 unspecified atom stereocenters. The number of phosphoric ester groups is 2. The maximum absolute atomic E-state index is 12.9. The van der Waals surface area contributed by atoms with E-state index in [0.717, 1.165) is 148 Å². The molecule has 5 atom stereocenters. The number of allylic oxidation sites excluding steroid dienone is 18. The maximum Gasteiger partial charge on any atom is 0.472 e. The van der Waals surface area contributed by atoms with E-state index in [4.69, 9.17) is 32.3 Å². The van der Waals surface area contributed by atoms with Gasteiger partial charge in [-0.3, -0.25) is 32.5 Å². The van der Waals surface area contributed by atoms with Gasteiger partial charge >= 0.3 is 33.6 Å². The Balaban J connectivity index is 4.49. The highest BCUT2D eigenvalue weighted by molar-refractivity contribution is 7.47. The normalized spacial score (nSPS) is 14.8. The van der Waals surface area contributed by atoms with E-state index in [-0.39, 0.29) is 19.3 Å². The minimum atomic E-state index is -4.93. The zero-order chi connectivity index (χ0) is 68.1. The van der Waals surface area contributed by atoms with Crippen LogP contribution in [0.3, 0.4) is 0 Å². The predicted octanol–water partition coefficient (Wildman–Crippen LogP) is 20.4. The molecule has 0 aliphatic carbocycles. The van der Waals surface area contributed by atoms with Crippen molar-refractivity contribution < 1.29 is 75.8 Å². The summed E-state index contributed by atoms with van der Waals surface area (Å²) in [4.78, 5) is 58.4. The number of phosphoric acid groups is 2. The van der Waals surface area contributed by atoms with Crippen molar-refractivity contribution in [2.24, 2.45) is 0 Å². The van der Waals surface area contributed by atoms with Gasteiger partial charge in [-0.05, 0) is 122 Å². The summed E-state index contributed by atoms with van der Waals surface area (Å²) >= 11 is 0. The number of hydrogen-bond acceptors (Lipinski definition) is 14. The summed E-state index contributed by atoms with van der Waals surface area (Å²) in [5.74, 6) is -1.60. The Kier molecular flexibility index (Phi) is 65.4. The highest BCUT2D eigenvalue weighted by Crippen LogP contribution is 2.45. The first-order valence-corrected chi connectivity index (χ1v) is 39.2. The first-order valence-electron chi connectivity index (χ1n) is 36.2. The predicted molar refractivity (Wildman–Crippen MR) is 380 cm³/mol. The summed E-state index contributed by atoms with van der Waals surface area (Å²) in [6.07, 6.45) is 77.2. The molecule has 18 heteroatoms. The molecule has 0 spiro atoms. The number of carbonyl (C=O) groups is 3. The van der Waals surface area contributed by atoms with E-state index >= 15 is 0 Å². The molecule has 536 valence electrons. The van der Waals surface area contributed by atoms with Crippen LogP contribution in [0.4, 0.5) is 0 Å². The molecule has 0 bridgehead atoms. The lowest BCUT2D eigenvalue weighted by Crippen LogP contribution is -2.30. The summed E-state index contributed by atoms with van der Waals surface area (Å²) in [5.41, 5.74) is 0. The lowest BCUT2D eigenvalue weighted by molar-refractivity contribution is -0.161. The van der Waals surface area contributed by atoms with Crippen molar-refractivity contribution in [3.05, 3.63) is 109 Å². The van der Waals surface area contributed by atoms with Crippen molar-refractivity contribution in [2.75, 3.05) is 39.6 Å². The molecule has 0 fully saturated rings. The summed E-state index contributed by atoms with van der Waals surface area (Å²) in [5, 5.41) is 20.6. The van der Waals surface area contributed by atoms with Crippen LogP contribution in [-0.2, 0) is 55.8 Å². The van der Waals surface area contributed by atoms with Crippen LogP contribution in [0.5, 0.6) is 0 Å². The third-order valence-corrected chi connectivity index (χ3v) is 16.9. The van der Waals surface area contributed by atoms with E-state index < -0.39 is 91.5 Å². The number of aliphatic hydroxyl groups is 2. The Bertz CT molecular complexity index is 2130. The number of aliphatic hydroxyl groups excluding tert-OH is 2. The van der Waals surface area contributed by atoms with Gasteiger partial charge in [0.15, 0.2) is 6.10 Å². The van der Waals surface area contributed by atoms with Crippen molar-refractivity contribution in [2.45, 2.75) is 309 Å². The van der Waals surface area contributed by atoms with E-state index in [2.05, 4.69) is 130 Å². The van der Waals surface area contributed by atoms with Gasteiger partial charge in [0.1, 0.15) is 25.4 Å². The fourth-order valence-corrected chi connectivity index (χ4v) is 11.0. The number of esters is 3. The molecule has 0 radical (unpaired) electrons. The van der Waals surface area contributed by atoms with E-state index in [1.165, 1.54) is 83.5 Å². The number of carbonyl (C=O) groups excluding carboxylic acids is 3. The van der Waals surface area contributed by atoms with Gasteiger partial charge in [0, 0.05) is 19.3 Å². The number of ether oxygens (including phenoxy) is 3. The Morgan fingerprint density at radius 2 is 0.581 bits per heavy atom. The molecule has 0 aromatic heterocycles. The van der Waals surface area contributed by atoms with Crippen LogP contribution < -0.4 is 0 Å². The molecule has 0 saturated heterocycles. The Hall–Kier alpha value is -3.79. The van der Waals surface area contributed by atoms with Crippen LogP contribution in [0.25, 0.3) is 0 Å². The maximum atomic E-state index is 12.9. The van der Waals surface area contributed by atoms with Crippen LogP contribution in [0.15, 0.2) is 109 Å². The summed E-state index contributed by atoms with van der Waals surface area (Å²) in [7, 11) is -9.78. The molecule has 0 aliphatic heterocycles. The SMILES string of the molecule is CC/C=C\C/C=C\C/C=C\C/C=C\CCCCCCCCC(=O)OCC(COP(=O)(O)OCC(O)COP(=O)(O)OCC(O)COC(=O)CCCCCCCCCCCCC/C=C\C/C=C\C/C=C\C/C=C\CCCCC)OC(=O)CCCCCCC/C=C\CCCC. The third-order valence-electron chi connectivity index (χ3n) is 15.0. The van der Waals surface area contributed by atoms with Crippen molar-refractivity contribution in [3.8, 4) is 0 Å². The standard InChI is InChI=1S/C75H130O16P2/c1-4-7-10-13-16-19-22-24-26-28-30-31-32-33-34-35-36-37-39-41-42-44-47-49-52-55-58-61-73(78)85-64-70(76)65-87-92(81,82)88-66-71(77)67-89-93(83,84)90-69-72(91-75(80)63-60-57-54-51-46-21-18-15-12-9-6-3)68-86-74(79)62-59-56-53-50-48-45-43-40-38-29-27-25-23-20-17-14-11-8-5-2/h8,11,15-20,24-27,30-31,33-34,38,40,70-72,76-77H,4-7,9-10,12-14,21-23,28-29,32,35-37,39,41-69H2,1-3H3,(H,81,82)(H,83,84)/b11-8-,18-15-,19-16-,20-17-,26-24-,27-25-,31-30-,34-33-,40-38-. The monoisotopic (exact) mass is 1350 g/mol. The van der Waals surface area contributed by atoms with Gasteiger partial charge in [-0.25, -0.2) is 9.13 Å². The number of rotatable bonds is 68. The fourth-order valence-electron chi connectivity index (χ4n) is 9.41. The molecule has 93 heavy (non-hydrogen) atoms. The molecule has 4 N–H and O–H groups in total. The summed E-state index contributed by atoms with van der Waals surface area (Å²) in [6.45, 7) is 2.46. The third kappa shape index (κ3) is 69.4. The van der Waals surface area contributed by atoms with Crippen LogP contribution in [0.2, 0.25) is 0 Å². The van der Waals surface area contributed by atoms with Gasteiger partial charge in [0.05, 0.1) is 26.4 Å². The first-order chi connectivity index (χ1) is 45.2. The van der Waals surface area contributed by atoms with E-state index in [9.17, 15) is 43.5 Å². The molecular weight excluding hydrogens is 1220 g/mol. The van der Waals surface area contributed by atoms with Gasteiger partial charge < -0.3 is 34.2 Å². The molecule has 0 aliphatic rings. The van der Waals surface area contributed by atoms with Gasteiger partial charge in [-0.1, -0.05) is 259 Å². The summed E-state index contributed by atoms with van der Waals surface area (Å²) < 4.78 is 60.9. The average molecular weight is 1350 g/mol. The highest BCUT2D eigenvalue weighted by Gasteiger charge is 2.29. The van der Waals surface area contributed by atoms with E-state index in [1.54, 1.807) is 0 Å². The lowest BCUT2D eigenvalue weighted by Gasteiger charge is -2.21. The Morgan fingerprint density at radius 1 is 0.312 bits per heavy atom. The second kappa shape index (κ2) is 68.2. The van der Waals surface area contributed by atoms with Crippen LogP contribution in [-0.4, -0.2) is 95.9 Å². The molecule has 0 amide bonds. The quantitative estimate of drug-likeness (QED) is 0.0146. The zero-order valence-corrected chi connectivity index (χ0v) is 59.9. The zero-order valence-electron chi connectivity index (χ0n) is 58.1. The molecule has 16 nitrogen and oxygen atoms in total. The Morgan fingerprint density at radius 3 is 0.946 bits per heavy atom. The van der Waals surface area contributed by atoms with Gasteiger partial charge in [-0.15, -0.1) is 0 Å². The topological polar surface area (TPSA) is 231 Å². The minimum absolute atomic E-state index is 0.0893. The van der Waals surface area contributed by atoms with Crippen LogP contribution >= 0.6 is 15.6 Å². The fraction of sp³-hybridized carbons (Fsp3) is 0.720. The molecule has 0 rings (SSSR count). The first kappa shape index (κ1) is 89.2. The van der Waals surface area contributed by atoms with Crippen LogP contribution in [0.1, 0.15) is 290 Å². The smallest absolute Gasteiger partial charge is 0.463 e. The second-order valence-electron chi connectivity index (χ2n) is 24.0. The minimum Gasteiger partial charge on any atom is -0.463 e. The molecular formula is C75H130O16P2. The second-order valence-corrected chi connectivity index (χ2v) is 26.9. The van der Waals surface area contributed by atoms with Crippen molar-refractivity contribution in [1.82, 2.24) is 0 Å². The van der Waals surface area contributed by atoms with Gasteiger partial charge in [-0.2, -0.15) is 0 Å². The van der Waals surface area contributed by atoms with Crippen molar-refractivity contribution in [1.29, 1.82) is 0 Å². The van der Waals surface area contributed by atoms with Gasteiger partial charge in [0.25, 0.3) is 0 Å². The molecule has 0 aromatic carbocycles. The van der Waals surface area contributed by atoms with E-state index in [0.29, 0.717) is 19.3 Å². The lowest BCUT2D eigenvalue weighted by atomic mass is 10.0. The number of hydrogen-bond donors (Lipinski definition) is 4. The molecule has 0 aromatic rings. The van der Waals surface area contributed by atoms with Gasteiger partial charge in [0.2, 0.25) is 0 Å². The number of unbranched alkanes of at least 4 members (excludes halogenated alkanes) is 27. The molecule has 0 heterocycles. The highest BCUT2D eigenvalue weighted by atomic mass is 31.2. The Labute approximate surface area is 564 Å². The average Bonchev–Trinajstić information content (AvgIpc) is 3.68. The van der Waals surface area contributed by atoms with Crippen molar-refractivity contribution >= 4 is 33.6 Å². The van der Waals surface area contributed by atoms with Crippen molar-refractivity contribution in [3.63, 3.8) is 0 Å².